The van der Waals surface area contributed by atoms with Crippen molar-refractivity contribution >= 4 is 38.6 Å². The second kappa shape index (κ2) is 6.02. The lowest BCUT2D eigenvalue weighted by Crippen LogP contribution is -2.39. The van der Waals surface area contributed by atoms with Gasteiger partial charge in [-0.05, 0) is 62.3 Å². The van der Waals surface area contributed by atoms with Crippen molar-refractivity contribution in [3.05, 3.63) is 28.0 Å². The monoisotopic (exact) mass is 353 g/mol. The molecule has 1 aliphatic rings. The average Bonchev–Trinajstić information content (AvgIpc) is 2.91. The van der Waals surface area contributed by atoms with Crippen LogP contribution in [0, 0.1) is 13.8 Å². The third-order valence-electron chi connectivity index (χ3n) is 4.74. The lowest BCUT2D eigenvalue weighted by atomic mass is 10.1. The summed E-state index contributed by atoms with van der Waals surface area (Å²) in [5, 5.41) is 4.75. The van der Waals surface area contributed by atoms with Gasteiger partial charge < -0.3 is 10.3 Å². The maximum Gasteiger partial charge on any atom is 0.267 e. The summed E-state index contributed by atoms with van der Waals surface area (Å²) in [5.41, 5.74) is 3.04. The van der Waals surface area contributed by atoms with Crippen molar-refractivity contribution in [2.45, 2.75) is 32.7 Å². The van der Waals surface area contributed by atoms with Gasteiger partial charge in [0.1, 0.15) is 11.3 Å². The number of rotatable bonds is 2. The van der Waals surface area contributed by atoms with Gasteiger partial charge in [0, 0.05) is 11.4 Å². The molecule has 1 saturated heterocycles. The molecule has 1 amide bonds. The van der Waals surface area contributed by atoms with Crippen LogP contribution in [0.15, 0.2) is 6.07 Å². The molecule has 126 valence electrons. The number of hydrogen-bond donors (Lipinski definition) is 2. The number of nitrogens with zero attached hydrogens (tertiary/aromatic N) is 1. The summed E-state index contributed by atoms with van der Waals surface area (Å²) in [6.45, 7) is 3.84. The molecule has 0 atom stereocenters. The van der Waals surface area contributed by atoms with Crippen LogP contribution in [0.25, 0.3) is 11.0 Å². The largest absolute Gasteiger partial charge is 0.348 e. The van der Waals surface area contributed by atoms with E-state index in [1.165, 1.54) is 11.5 Å². The Morgan fingerprint density at radius 1 is 1.35 bits per heavy atom. The minimum atomic E-state index is -0.436. The lowest BCUT2D eigenvalue weighted by molar-refractivity contribution is 0.0930. The van der Waals surface area contributed by atoms with Gasteiger partial charge in [0.15, 0.2) is 0 Å². The zero-order valence-electron chi connectivity index (χ0n) is 14.1. The van der Waals surface area contributed by atoms with Gasteiger partial charge in [0.25, 0.3) is 5.91 Å². The predicted molar refractivity (Wildman–Crippen MR) is 100 cm³/mol. The van der Waals surface area contributed by atoms with Crippen LogP contribution in [-0.4, -0.2) is 45.9 Å². The maximum atomic E-state index is 12.5. The van der Waals surface area contributed by atoms with Crippen molar-refractivity contribution in [1.29, 1.82) is 0 Å². The number of H-pyrrole nitrogens is 1. The fourth-order valence-electron chi connectivity index (χ4n) is 3.12. The van der Waals surface area contributed by atoms with E-state index >= 15 is 0 Å². The van der Waals surface area contributed by atoms with Crippen LogP contribution in [-0.2, 0) is 0 Å². The van der Waals surface area contributed by atoms with E-state index in [4.69, 9.17) is 11.6 Å². The Labute approximate surface area is 143 Å². The summed E-state index contributed by atoms with van der Waals surface area (Å²) in [7, 11) is -0.436. The lowest BCUT2D eigenvalue weighted by Gasteiger charge is -2.39. The first-order valence-corrected chi connectivity index (χ1v) is 11.1. The van der Waals surface area contributed by atoms with E-state index in [-0.39, 0.29) is 11.9 Å². The smallest absolute Gasteiger partial charge is 0.267 e. The minimum Gasteiger partial charge on any atom is -0.348 e. The first-order valence-electron chi connectivity index (χ1n) is 7.92. The fraction of sp³-hybridized carbons (Fsp3) is 0.529. The highest BCUT2D eigenvalue weighted by molar-refractivity contribution is 8.32. The number of carbonyl (C=O) groups excluding carboxylic acids is 1. The average molecular weight is 354 g/mol. The molecule has 23 heavy (non-hydrogen) atoms. The Morgan fingerprint density at radius 3 is 2.65 bits per heavy atom. The van der Waals surface area contributed by atoms with Crippen LogP contribution >= 0.6 is 21.6 Å². The van der Waals surface area contributed by atoms with Gasteiger partial charge >= 0.3 is 0 Å². The molecular formula is C17H24ClN3OS. The molecule has 1 fully saturated rings. The molecule has 0 bridgehead atoms. The number of nitrogens with one attached hydrogen (secondary N) is 2. The van der Waals surface area contributed by atoms with Gasteiger partial charge in [0.05, 0.1) is 10.7 Å². The molecule has 0 spiro atoms. The van der Waals surface area contributed by atoms with Crippen LogP contribution in [0.4, 0.5) is 0 Å². The third-order valence-corrected chi connectivity index (χ3v) is 7.98. The van der Waals surface area contributed by atoms with Crippen LogP contribution in [0.1, 0.15) is 34.6 Å². The zero-order chi connectivity index (χ0) is 16.8. The molecule has 6 heteroatoms. The van der Waals surface area contributed by atoms with Crippen molar-refractivity contribution in [3.63, 3.8) is 0 Å². The van der Waals surface area contributed by atoms with E-state index < -0.39 is 10.0 Å². The van der Waals surface area contributed by atoms with E-state index in [1.807, 2.05) is 19.9 Å². The highest BCUT2D eigenvalue weighted by Crippen LogP contribution is 2.44. The molecule has 0 aliphatic carbocycles. The third kappa shape index (κ3) is 3.36. The highest BCUT2D eigenvalue weighted by Gasteiger charge is 2.25. The maximum absolute atomic E-state index is 12.5. The van der Waals surface area contributed by atoms with Crippen molar-refractivity contribution in [3.8, 4) is 0 Å². The van der Waals surface area contributed by atoms with E-state index in [9.17, 15) is 4.79 Å². The van der Waals surface area contributed by atoms with Gasteiger partial charge in [-0.3, -0.25) is 4.79 Å². The molecule has 2 N–H and O–H groups in total. The number of amides is 1. The van der Waals surface area contributed by atoms with Crippen LogP contribution in [0.5, 0.6) is 0 Å². The number of pyridine rings is 1. The summed E-state index contributed by atoms with van der Waals surface area (Å²) in [6, 6.07) is 2.14. The highest BCUT2D eigenvalue weighted by atomic mass is 35.5. The molecular weight excluding hydrogens is 330 g/mol. The summed E-state index contributed by atoms with van der Waals surface area (Å²) >= 11 is 6.25. The van der Waals surface area contributed by atoms with Crippen LogP contribution in [0.2, 0.25) is 5.02 Å². The number of carbonyl (C=O) groups is 1. The standard InChI is InChI=1S/C17H24ClN3OS/c1-10-13-9-14(21-16(13)19-11(2)15(10)18)17(22)20-12-5-7-23(3,4)8-6-12/h9,12H,5-8H2,1-4H3,(H,19,21)(H,20,22). The molecule has 2 aromatic heterocycles. The van der Waals surface area contributed by atoms with E-state index in [1.54, 1.807) is 0 Å². The van der Waals surface area contributed by atoms with Gasteiger partial charge in [-0.2, -0.15) is 0 Å². The SMILES string of the molecule is Cc1nc2[nH]c(C(=O)NC3CCS(C)(C)CC3)cc2c(C)c1Cl. The van der Waals surface area contributed by atoms with E-state index in [2.05, 4.69) is 27.8 Å². The number of aromatic nitrogens is 2. The van der Waals surface area contributed by atoms with Crippen molar-refractivity contribution in [1.82, 2.24) is 15.3 Å². The first-order chi connectivity index (χ1) is 10.8. The molecule has 4 nitrogen and oxygen atoms in total. The molecule has 1 aliphatic heterocycles. The van der Waals surface area contributed by atoms with Crippen molar-refractivity contribution < 1.29 is 4.79 Å². The number of hydrogen-bond acceptors (Lipinski definition) is 2. The Bertz CT molecular complexity index is 759. The molecule has 2 aromatic rings. The summed E-state index contributed by atoms with van der Waals surface area (Å²) < 4.78 is 0. The van der Waals surface area contributed by atoms with Gasteiger partial charge in [0.2, 0.25) is 0 Å². The minimum absolute atomic E-state index is 0.0455. The molecule has 3 heterocycles. The van der Waals surface area contributed by atoms with Gasteiger partial charge in [-0.1, -0.05) is 11.6 Å². The van der Waals surface area contributed by atoms with Crippen LogP contribution < -0.4 is 5.32 Å². The Hall–Kier alpha value is -1.20. The predicted octanol–water partition coefficient (Wildman–Crippen LogP) is 3.79. The quantitative estimate of drug-likeness (QED) is 0.862. The Morgan fingerprint density at radius 2 is 2.00 bits per heavy atom. The second-order valence-electron chi connectivity index (χ2n) is 7.00. The van der Waals surface area contributed by atoms with Crippen molar-refractivity contribution in [2.24, 2.45) is 0 Å². The molecule has 0 aromatic carbocycles. The fourth-order valence-corrected chi connectivity index (χ4v) is 5.32. The van der Waals surface area contributed by atoms with Gasteiger partial charge in [-0.25, -0.2) is 15.0 Å². The first kappa shape index (κ1) is 16.7. The number of aromatic amines is 1. The summed E-state index contributed by atoms with van der Waals surface area (Å²) in [4.78, 5) is 20.1. The Balaban J connectivity index is 1.78. The molecule has 0 unspecified atom stereocenters. The second-order valence-corrected chi connectivity index (χ2v) is 11.7. The summed E-state index contributed by atoms with van der Waals surface area (Å²) in [5.74, 6) is 2.43. The number of halogens is 1. The zero-order valence-corrected chi connectivity index (χ0v) is 15.7. The van der Waals surface area contributed by atoms with Crippen molar-refractivity contribution in [2.75, 3.05) is 24.0 Å². The summed E-state index contributed by atoms with van der Waals surface area (Å²) in [6.07, 6.45) is 6.92. The normalized spacial score (nSPS) is 19.7. The molecule has 0 saturated carbocycles. The van der Waals surface area contributed by atoms with Gasteiger partial charge in [-0.15, -0.1) is 0 Å². The number of aryl methyl sites for hydroxylation is 2. The molecule has 3 rings (SSSR count). The van der Waals surface area contributed by atoms with E-state index in [0.717, 1.165) is 35.1 Å². The Kier molecular flexibility index (Phi) is 4.36. The van der Waals surface area contributed by atoms with Crippen LogP contribution in [0.3, 0.4) is 0 Å². The number of fused-ring (bicyclic) bond motifs is 1. The topological polar surface area (TPSA) is 57.8 Å². The molecule has 0 radical (unpaired) electrons. The van der Waals surface area contributed by atoms with E-state index in [0.29, 0.717) is 10.7 Å².